The number of hydrogen-bond donors (Lipinski definition) is 2. The van der Waals surface area contributed by atoms with Gasteiger partial charge < -0.3 is 11.1 Å². The Labute approximate surface area is 132 Å². The van der Waals surface area contributed by atoms with Crippen LogP contribution in [0.5, 0.6) is 0 Å². The molecule has 114 valence electrons. The first kappa shape index (κ1) is 16.0. The Kier molecular flexibility index (Phi) is 5.12. The van der Waals surface area contributed by atoms with Gasteiger partial charge in [0.2, 0.25) is 5.91 Å². The molecule has 1 atom stereocenters. The number of carbonyl (C=O) groups is 2. The van der Waals surface area contributed by atoms with Crippen molar-refractivity contribution in [2.75, 3.05) is 0 Å². The van der Waals surface area contributed by atoms with E-state index in [4.69, 9.17) is 17.3 Å². The van der Waals surface area contributed by atoms with Gasteiger partial charge in [0.1, 0.15) is 11.9 Å². The summed E-state index contributed by atoms with van der Waals surface area (Å²) in [4.78, 5) is 23.6. The molecule has 0 saturated heterocycles. The maximum absolute atomic E-state index is 13.6. The van der Waals surface area contributed by atoms with Crippen LogP contribution in [-0.2, 0) is 11.2 Å². The van der Waals surface area contributed by atoms with Crippen molar-refractivity contribution in [1.29, 1.82) is 0 Å². The zero-order chi connectivity index (χ0) is 16.1. The highest BCUT2D eigenvalue weighted by molar-refractivity contribution is 6.30. The Morgan fingerprint density at radius 3 is 2.36 bits per heavy atom. The fourth-order valence-corrected chi connectivity index (χ4v) is 2.09. The molecule has 2 amide bonds. The number of nitrogens with one attached hydrogen (secondary N) is 1. The van der Waals surface area contributed by atoms with E-state index in [1.807, 2.05) is 0 Å². The maximum atomic E-state index is 13.6. The lowest BCUT2D eigenvalue weighted by molar-refractivity contribution is -0.119. The lowest BCUT2D eigenvalue weighted by Gasteiger charge is -2.16. The van der Waals surface area contributed by atoms with Crippen molar-refractivity contribution in [3.05, 3.63) is 70.5 Å². The van der Waals surface area contributed by atoms with Crippen molar-refractivity contribution in [2.24, 2.45) is 5.73 Å². The molecule has 2 aromatic rings. The Balaban J connectivity index is 2.12. The van der Waals surface area contributed by atoms with Crippen LogP contribution in [0.3, 0.4) is 0 Å². The lowest BCUT2D eigenvalue weighted by Crippen LogP contribution is -2.46. The maximum Gasteiger partial charge on any atom is 0.254 e. The lowest BCUT2D eigenvalue weighted by atomic mass is 10.0. The van der Waals surface area contributed by atoms with E-state index in [1.54, 1.807) is 24.3 Å². The predicted octanol–water partition coefficient (Wildman–Crippen LogP) is 2.31. The van der Waals surface area contributed by atoms with E-state index in [0.717, 1.165) is 5.56 Å². The first-order valence-electron chi connectivity index (χ1n) is 6.56. The molecule has 4 nitrogen and oxygen atoms in total. The van der Waals surface area contributed by atoms with Gasteiger partial charge in [-0.2, -0.15) is 0 Å². The minimum absolute atomic E-state index is 0.134. The number of rotatable bonds is 5. The van der Waals surface area contributed by atoms with Crippen molar-refractivity contribution in [1.82, 2.24) is 5.32 Å². The van der Waals surface area contributed by atoms with E-state index in [0.29, 0.717) is 5.02 Å². The molecule has 0 spiro atoms. The van der Waals surface area contributed by atoms with Crippen molar-refractivity contribution in [3.8, 4) is 0 Å². The van der Waals surface area contributed by atoms with Crippen molar-refractivity contribution in [2.45, 2.75) is 12.5 Å². The van der Waals surface area contributed by atoms with E-state index in [2.05, 4.69) is 5.32 Å². The molecule has 0 fully saturated rings. The van der Waals surface area contributed by atoms with Crippen LogP contribution < -0.4 is 11.1 Å². The van der Waals surface area contributed by atoms with Gasteiger partial charge in [-0.15, -0.1) is 0 Å². The van der Waals surface area contributed by atoms with Crippen LogP contribution >= 0.6 is 11.6 Å². The number of benzene rings is 2. The summed E-state index contributed by atoms with van der Waals surface area (Å²) >= 11 is 5.79. The summed E-state index contributed by atoms with van der Waals surface area (Å²) in [7, 11) is 0. The van der Waals surface area contributed by atoms with Gasteiger partial charge in [-0.1, -0.05) is 35.9 Å². The van der Waals surface area contributed by atoms with Gasteiger partial charge in [0.15, 0.2) is 0 Å². The van der Waals surface area contributed by atoms with Crippen molar-refractivity contribution < 1.29 is 14.0 Å². The molecule has 0 aromatic heterocycles. The average Bonchev–Trinajstić information content (AvgIpc) is 2.49. The second-order valence-corrected chi connectivity index (χ2v) is 5.18. The first-order chi connectivity index (χ1) is 10.5. The van der Waals surface area contributed by atoms with E-state index in [1.165, 1.54) is 24.3 Å². The molecule has 0 radical (unpaired) electrons. The molecule has 0 bridgehead atoms. The third kappa shape index (κ3) is 4.05. The molecule has 0 aliphatic carbocycles. The summed E-state index contributed by atoms with van der Waals surface area (Å²) in [5.41, 5.74) is 5.95. The van der Waals surface area contributed by atoms with Gasteiger partial charge in [-0.25, -0.2) is 4.39 Å². The molecule has 6 heteroatoms. The molecule has 2 aromatic carbocycles. The Morgan fingerprint density at radius 1 is 1.14 bits per heavy atom. The second kappa shape index (κ2) is 7.04. The zero-order valence-electron chi connectivity index (χ0n) is 11.6. The minimum atomic E-state index is -0.937. The Hall–Kier alpha value is -2.40. The number of carbonyl (C=O) groups excluding carboxylic acids is 2. The molecule has 3 N–H and O–H groups in total. The van der Waals surface area contributed by atoms with Gasteiger partial charge in [0, 0.05) is 11.4 Å². The number of halogens is 2. The van der Waals surface area contributed by atoms with Crippen molar-refractivity contribution >= 4 is 23.4 Å². The summed E-state index contributed by atoms with van der Waals surface area (Å²) in [6.07, 6.45) is 0.201. The summed E-state index contributed by atoms with van der Waals surface area (Å²) in [6.45, 7) is 0. The smallest absolute Gasteiger partial charge is 0.254 e. The molecule has 2 rings (SSSR count). The van der Waals surface area contributed by atoms with Crippen LogP contribution in [0.15, 0.2) is 48.5 Å². The third-order valence-corrected chi connectivity index (χ3v) is 3.37. The molecular weight excluding hydrogens is 307 g/mol. The molecule has 22 heavy (non-hydrogen) atoms. The monoisotopic (exact) mass is 320 g/mol. The first-order valence-corrected chi connectivity index (χ1v) is 6.94. The van der Waals surface area contributed by atoms with Crippen LogP contribution in [0.25, 0.3) is 0 Å². The van der Waals surface area contributed by atoms with Crippen LogP contribution in [0.4, 0.5) is 4.39 Å². The van der Waals surface area contributed by atoms with Gasteiger partial charge >= 0.3 is 0 Å². The van der Waals surface area contributed by atoms with Gasteiger partial charge in [0.05, 0.1) is 5.56 Å². The molecule has 0 aliphatic rings. The van der Waals surface area contributed by atoms with Gasteiger partial charge in [-0.3, -0.25) is 9.59 Å². The third-order valence-electron chi connectivity index (χ3n) is 3.12. The normalized spacial score (nSPS) is 11.7. The van der Waals surface area contributed by atoms with E-state index in [-0.39, 0.29) is 12.0 Å². The SMILES string of the molecule is NC(=O)[C@H](Cc1ccc(Cl)cc1)NC(=O)c1ccccc1F. The zero-order valence-corrected chi connectivity index (χ0v) is 12.3. The number of primary amides is 1. The van der Waals surface area contributed by atoms with Crippen molar-refractivity contribution in [3.63, 3.8) is 0 Å². The average molecular weight is 321 g/mol. The number of nitrogens with two attached hydrogens (primary N) is 1. The highest BCUT2D eigenvalue weighted by atomic mass is 35.5. The quantitative estimate of drug-likeness (QED) is 0.887. The van der Waals surface area contributed by atoms with Gasteiger partial charge in [-0.05, 0) is 29.8 Å². The number of amides is 2. The van der Waals surface area contributed by atoms with Crippen LogP contribution in [0.1, 0.15) is 15.9 Å². The number of hydrogen-bond acceptors (Lipinski definition) is 2. The van der Waals surface area contributed by atoms with E-state index in [9.17, 15) is 14.0 Å². The topological polar surface area (TPSA) is 72.2 Å². The summed E-state index contributed by atoms with van der Waals surface area (Å²) in [5, 5.41) is 3.01. The summed E-state index contributed by atoms with van der Waals surface area (Å²) in [5.74, 6) is -2.04. The molecule has 0 aliphatic heterocycles. The fourth-order valence-electron chi connectivity index (χ4n) is 1.96. The Bertz CT molecular complexity index is 689. The fraction of sp³-hybridized carbons (Fsp3) is 0.125. The molecule has 0 unspecified atom stereocenters. The summed E-state index contributed by atoms with van der Waals surface area (Å²) in [6, 6.07) is 11.4. The molecule has 0 saturated carbocycles. The second-order valence-electron chi connectivity index (χ2n) is 4.74. The van der Waals surface area contributed by atoms with E-state index >= 15 is 0 Å². The standard InChI is InChI=1S/C16H14ClFN2O2/c17-11-7-5-10(6-8-11)9-14(15(19)21)20-16(22)12-3-1-2-4-13(12)18/h1-8,14H,9H2,(H2,19,21)(H,20,22)/t14-/m0/s1. The highest BCUT2D eigenvalue weighted by Crippen LogP contribution is 2.12. The molecule has 0 heterocycles. The van der Waals surface area contributed by atoms with Crippen LogP contribution in [-0.4, -0.2) is 17.9 Å². The van der Waals surface area contributed by atoms with Crippen LogP contribution in [0.2, 0.25) is 5.02 Å². The van der Waals surface area contributed by atoms with Crippen LogP contribution in [0, 0.1) is 5.82 Å². The molecular formula is C16H14ClFN2O2. The van der Waals surface area contributed by atoms with Gasteiger partial charge in [0.25, 0.3) is 5.91 Å². The predicted molar refractivity (Wildman–Crippen MR) is 82.0 cm³/mol. The highest BCUT2D eigenvalue weighted by Gasteiger charge is 2.21. The summed E-state index contributed by atoms with van der Waals surface area (Å²) < 4.78 is 13.6. The Morgan fingerprint density at radius 2 is 1.77 bits per heavy atom. The minimum Gasteiger partial charge on any atom is -0.368 e. The van der Waals surface area contributed by atoms with E-state index < -0.39 is 23.7 Å². The largest absolute Gasteiger partial charge is 0.368 e.